The molecule has 8 nitrogen and oxygen atoms in total. The quantitative estimate of drug-likeness (QED) is 0.136. The van der Waals surface area contributed by atoms with E-state index in [1.165, 1.54) is 0 Å². The molecule has 0 amide bonds. The fraction of sp³-hybridized carbons (Fsp3) is 0.256. The monoisotopic (exact) mass is 630 g/mol. The van der Waals surface area contributed by atoms with Crippen LogP contribution in [-0.2, 0) is 12.0 Å². The predicted molar refractivity (Wildman–Crippen MR) is 184 cm³/mol. The SMILES string of the molecule is CC(C)(c1cccc(OCC(O)CN2C=CNC2c2ccccc2)c1)c1cccc(OCC(O)Cn2ccnc2-c2ccccc2)c1. The highest BCUT2D eigenvalue weighted by atomic mass is 16.5. The standard InChI is InChI=1S/C39H42N4O4/c1-39(2,31-15-9-17-35(23-31)46-27-33(44)25-42-21-19-40-37(42)29-11-5-3-6-12-29)32-16-10-18-36(24-32)47-28-34(45)26-43-22-20-41-38(43)30-13-7-4-8-14-30/h3-24,33-34,37,40,44-45H,25-28H2,1-2H3. The molecule has 3 atom stereocenters. The highest BCUT2D eigenvalue weighted by Crippen LogP contribution is 2.35. The van der Waals surface area contributed by atoms with Crippen molar-refractivity contribution in [1.29, 1.82) is 0 Å². The van der Waals surface area contributed by atoms with Crippen LogP contribution >= 0.6 is 0 Å². The van der Waals surface area contributed by atoms with Gasteiger partial charge in [0.2, 0.25) is 0 Å². The normalized spacial score (nSPS) is 15.7. The van der Waals surface area contributed by atoms with Crippen molar-refractivity contribution in [2.45, 2.75) is 44.2 Å². The Labute approximate surface area is 276 Å². The van der Waals surface area contributed by atoms with Crippen LogP contribution in [0.15, 0.2) is 134 Å². The van der Waals surface area contributed by atoms with Gasteiger partial charge >= 0.3 is 0 Å². The number of rotatable bonds is 14. The zero-order chi connectivity index (χ0) is 32.6. The third-order valence-corrected chi connectivity index (χ3v) is 8.54. The Morgan fingerprint density at radius 2 is 1.36 bits per heavy atom. The summed E-state index contributed by atoms with van der Waals surface area (Å²) in [7, 11) is 0. The second kappa shape index (κ2) is 14.6. The minimum atomic E-state index is -0.713. The van der Waals surface area contributed by atoms with Crippen LogP contribution in [0.2, 0.25) is 0 Å². The van der Waals surface area contributed by atoms with Crippen LogP contribution in [0.3, 0.4) is 0 Å². The molecule has 0 radical (unpaired) electrons. The van der Waals surface area contributed by atoms with Gasteiger partial charge in [-0.25, -0.2) is 4.98 Å². The lowest BCUT2D eigenvalue weighted by molar-refractivity contribution is 0.0716. The van der Waals surface area contributed by atoms with Gasteiger partial charge in [-0.15, -0.1) is 0 Å². The highest BCUT2D eigenvalue weighted by Gasteiger charge is 2.25. The Morgan fingerprint density at radius 1 is 0.766 bits per heavy atom. The second-order valence-corrected chi connectivity index (χ2v) is 12.4. The van der Waals surface area contributed by atoms with Crippen molar-refractivity contribution in [3.05, 3.63) is 151 Å². The fourth-order valence-electron chi connectivity index (χ4n) is 5.88. The van der Waals surface area contributed by atoms with Crippen LogP contribution in [0.25, 0.3) is 11.4 Å². The van der Waals surface area contributed by atoms with Crippen molar-refractivity contribution >= 4 is 0 Å². The maximum Gasteiger partial charge on any atom is 0.139 e. The molecular formula is C39H42N4O4. The number of β-amino-alcohol motifs (C(OH)–C–C–N with tert-alkyl or cyclic N) is 1. The first kappa shape index (κ1) is 31.9. The molecule has 0 saturated carbocycles. The maximum absolute atomic E-state index is 10.8. The van der Waals surface area contributed by atoms with E-state index < -0.39 is 12.2 Å². The van der Waals surface area contributed by atoms with Gasteiger partial charge in [0.25, 0.3) is 0 Å². The van der Waals surface area contributed by atoms with E-state index in [9.17, 15) is 10.2 Å². The molecule has 47 heavy (non-hydrogen) atoms. The van der Waals surface area contributed by atoms with E-state index in [4.69, 9.17) is 9.47 Å². The zero-order valence-electron chi connectivity index (χ0n) is 26.8. The Kier molecular flexibility index (Phi) is 9.90. The van der Waals surface area contributed by atoms with Gasteiger partial charge in [0.1, 0.15) is 48.9 Å². The van der Waals surface area contributed by atoms with E-state index in [-0.39, 0.29) is 24.8 Å². The zero-order valence-corrected chi connectivity index (χ0v) is 26.8. The van der Waals surface area contributed by atoms with Gasteiger partial charge in [0.15, 0.2) is 0 Å². The number of hydrogen-bond donors (Lipinski definition) is 3. The summed E-state index contributed by atoms with van der Waals surface area (Å²) in [5.41, 5.74) is 3.93. The minimum absolute atomic E-state index is 0.0119. The van der Waals surface area contributed by atoms with E-state index in [2.05, 4.69) is 53.3 Å². The number of aromatic nitrogens is 2. The summed E-state index contributed by atoms with van der Waals surface area (Å²) >= 11 is 0. The molecule has 1 aliphatic rings. The number of imidazole rings is 1. The lowest BCUT2D eigenvalue weighted by atomic mass is 9.78. The Hall–Kier alpha value is -5.05. The minimum Gasteiger partial charge on any atom is -0.491 e. The third kappa shape index (κ3) is 7.85. The number of aliphatic hydroxyl groups is 2. The Balaban J connectivity index is 1.04. The average Bonchev–Trinajstić information content (AvgIpc) is 3.77. The smallest absolute Gasteiger partial charge is 0.139 e. The fourth-order valence-corrected chi connectivity index (χ4v) is 5.88. The summed E-state index contributed by atoms with van der Waals surface area (Å²) in [5, 5.41) is 25.0. The first-order chi connectivity index (χ1) is 22.9. The highest BCUT2D eigenvalue weighted by molar-refractivity contribution is 5.55. The molecule has 6 rings (SSSR count). The molecule has 2 heterocycles. The molecule has 0 saturated heterocycles. The van der Waals surface area contributed by atoms with Crippen molar-refractivity contribution in [2.75, 3.05) is 19.8 Å². The van der Waals surface area contributed by atoms with Crippen LogP contribution in [0.1, 0.15) is 36.7 Å². The summed E-state index contributed by atoms with van der Waals surface area (Å²) < 4.78 is 14.1. The first-order valence-electron chi connectivity index (χ1n) is 16.0. The lowest BCUT2D eigenvalue weighted by Crippen LogP contribution is -2.36. The van der Waals surface area contributed by atoms with Gasteiger partial charge in [-0.1, -0.05) is 98.8 Å². The van der Waals surface area contributed by atoms with Crippen molar-refractivity contribution in [3.8, 4) is 22.9 Å². The number of nitrogens with zero attached hydrogens (tertiary/aromatic N) is 3. The van der Waals surface area contributed by atoms with Crippen molar-refractivity contribution in [2.24, 2.45) is 0 Å². The molecule has 0 fully saturated rings. The number of ether oxygens (including phenoxy) is 2. The van der Waals surface area contributed by atoms with E-state index in [0.717, 1.165) is 28.1 Å². The number of nitrogens with one attached hydrogen (secondary N) is 1. The molecule has 0 bridgehead atoms. The van der Waals surface area contributed by atoms with Gasteiger partial charge in [-0.3, -0.25) is 0 Å². The molecule has 1 aromatic heterocycles. The molecular weight excluding hydrogens is 588 g/mol. The van der Waals surface area contributed by atoms with Gasteiger partial charge in [-0.05, 0) is 41.0 Å². The number of hydrogen-bond acceptors (Lipinski definition) is 7. The van der Waals surface area contributed by atoms with Crippen LogP contribution in [0.5, 0.6) is 11.5 Å². The molecule has 5 aromatic rings. The van der Waals surface area contributed by atoms with Crippen molar-refractivity contribution < 1.29 is 19.7 Å². The van der Waals surface area contributed by atoms with E-state index in [0.29, 0.717) is 24.6 Å². The van der Waals surface area contributed by atoms with Crippen molar-refractivity contribution in [3.63, 3.8) is 0 Å². The van der Waals surface area contributed by atoms with E-state index in [1.807, 2.05) is 108 Å². The molecule has 0 aliphatic carbocycles. The molecule has 4 aromatic carbocycles. The summed E-state index contributed by atoms with van der Waals surface area (Å²) in [6.45, 7) is 5.46. The summed E-state index contributed by atoms with van der Waals surface area (Å²) in [6.07, 6.45) is 6.08. The largest absolute Gasteiger partial charge is 0.491 e. The van der Waals surface area contributed by atoms with E-state index >= 15 is 0 Å². The number of benzene rings is 4. The van der Waals surface area contributed by atoms with Crippen molar-refractivity contribution in [1.82, 2.24) is 19.8 Å². The predicted octanol–water partition coefficient (Wildman–Crippen LogP) is 6.13. The Bertz CT molecular complexity index is 1760. The van der Waals surface area contributed by atoms with Crippen LogP contribution < -0.4 is 14.8 Å². The van der Waals surface area contributed by atoms with Crippen LogP contribution in [-0.4, -0.2) is 56.6 Å². The summed E-state index contributed by atoms with van der Waals surface area (Å²) in [6, 6.07) is 36.1. The molecule has 3 N–H and O–H groups in total. The molecule has 0 spiro atoms. The average molecular weight is 631 g/mol. The van der Waals surface area contributed by atoms with Gasteiger partial charge in [-0.2, -0.15) is 0 Å². The number of aliphatic hydroxyl groups excluding tert-OH is 2. The molecule has 242 valence electrons. The van der Waals surface area contributed by atoms with Crippen LogP contribution in [0, 0.1) is 0 Å². The topological polar surface area (TPSA) is 92.0 Å². The third-order valence-electron chi connectivity index (χ3n) is 8.54. The summed E-state index contributed by atoms with van der Waals surface area (Å²) in [4.78, 5) is 6.55. The molecule has 3 unspecified atom stereocenters. The van der Waals surface area contributed by atoms with Gasteiger partial charge in [0.05, 0.1) is 6.54 Å². The molecule has 8 heteroatoms. The van der Waals surface area contributed by atoms with Crippen LogP contribution in [0.4, 0.5) is 0 Å². The Morgan fingerprint density at radius 3 is 2.00 bits per heavy atom. The second-order valence-electron chi connectivity index (χ2n) is 12.4. The maximum atomic E-state index is 10.8. The molecule has 1 aliphatic heterocycles. The van der Waals surface area contributed by atoms with E-state index in [1.54, 1.807) is 6.20 Å². The lowest BCUT2D eigenvalue weighted by Gasteiger charge is -2.28. The summed E-state index contributed by atoms with van der Waals surface area (Å²) in [5.74, 6) is 2.21. The first-order valence-corrected chi connectivity index (χ1v) is 16.0. The van der Waals surface area contributed by atoms with Gasteiger partial charge in [0, 0.05) is 42.3 Å². The van der Waals surface area contributed by atoms with Gasteiger partial charge < -0.3 is 34.5 Å².